The second-order valence-corrected chi connectivity index (χ2v) is 7.53. The Morgan fingerprint density at radius 1 is 1.37 bits per heavy atom. The molecule has 142 valence electrons. The molecule has 1 aliphatic carbocycles. The molecule has 0 radical (unpaired) electrons. The Kier molecular flexibility index (Phi) is 4.63. The number of likely N-dealkylation sites (N-methyl/N-ethyl adjacent to an activating group) is 1. The van der Waals surface area contributed by atoms with Crippen LogP contribution in [0.25, 0.3) is 11.0 Å². The zero-order chi connectivity index (χ0) is 19.1. The molecule has 7 nitrogen and oxygen atoms in total. The number of hydrogen-bond donors (Lipinski definition) is 0. The third kappa shape index (κ3) is 3.32. The highest BCUT2D eigenvalue weighted by atomic mass is 35.5. The van der Waals surface area contributed by atoms with E-state index >= 15 is 0 Å². The number of carbonyl (C=O) groups is 1. The van der Waals surface area contributed by atoms with Gasteiger partial charge in [-0.05, 0) is 44.2 Å². The molecule has 0 saturated heterocycles. The number of carbonyl (C=O) groups excluding carboxylic acids is 1. The summed E-state index contributed by atoms with van der Waals surface area (Å²) in [5.74, 6) is 0.569. The molecule has 3 aromatic rings. The van der Waals surface area contributed by atoms with Crippen molar-refractivity contribution in [2.75, 3.05) is 7.05 Å². The van der Waals surface area contributed by atoms with Gasteiger partial charge in [0.1, 0.15) is 6.54 Å². The molecular formula is C19H23ClN6O. The summed E-state index contributed by atoms with van der Waals surface area (Å²) in [7, 11) is 1.77. The highest BCUT2D eigenvalue weighted by Gasteiger charge is 2.28. The summed E-state index contributed by atoms with van der Waals surface area (Å²) in [6.07, 6.45) is 5.88. The first kappa shape index (κ1) is 18.0. The number of nitrogens with zero attached hydrogens (tertiary/aromatic N) is 6. The molecule has 3 aromatic heterocycles. The fourth-order valence-corrected chi connectivity index (χ4v) is 3.73. The number of pyridine rings is 1. The second kappa shape index (κ2) is 6.96. The number of fused-ring (bicyclic) bond motifs is 1. The standard InChI is InChI=1S/C19H23ClN6O/c1-4-25-16(15(20)9-22-25)10-24(3)17(27)11-26-19-18(12(2)23-26)14(7-8-21-19)13-5-6-13/h7-9,13H,4-6,10-11H2,1-3H3. The van der Waals surface area contributed by atoms with Crippen LogP contribution in [0.15, 0.2) is 18.5 Å². The van der Waals surface area contributed by atoms with Gasteiger partial charge < -0.3 is 4.90 Å². The van der Waals surface area contributed by atoms with E-state index in [0.29, 0.717) is 24.0 Å². The summed E-state index contributed by atoms with van der Waals surface area (Å²) >= 11 is 6.22. The van der Waals surface area contributed by atoms with Crippen molar-refractivity contribution in [1.29, 1.82) is 0 Å². The molecule has 0 bridgehead atoms. The van der Waals surface area contributed by atoms with Crippen LogP contribution in [0.3, 0.4) is 0 Å². The lowest BCUT2D eigenvalue weighted by molar-refractivity contribution is -0.131. The van der Waals surface area contributed by atoms with Gasteiger partial charge in [-0.25, -0.2) is 9.67 Å². The van der Waals surface area contributed by atoms with Crippen LogP contribution in [0.2, 0.25) is 5.02 Å². The van der Waals surface area contributed by atoms with Gasteiger partial charge in [0.25, 0.3) is 0 Å². The molecule has 0 aliphatic heterocycles. The lowest BCUT2D eigenvalue weighted by Crippen LogP contribution is -2.31. The van der Waals surface area contributed by atoms with Gasteiger partial charge in [0.2, 0.25) is 5.91 Å². The summed E-state index contributed by atoms with van der Waals surface area (Å²) in [4.78, 5) is 19.0. The predicted molar refractivity (Wildman–Crippen MR) is 104 cm³/mol. The van der Waals surface area contributed by atoms with Crippen molar-refractivity contribution < 1.29 is 4.79 Å². The van der Waals surface area contributed by atoms with Crippen molar-refractivity contribution in [2.24, 2.45) is 0 Å². The summed E-state index contributed by atoms with van der Waals surface area (Å²) < 4.78 is 3.52. The number of hydrogen-bond acceptors (Lipinski definition) is 4. The lowest BCUT2D eigenvalue weighted by Gasteiger charge is -2.18. The van der Waals surface area contributed by atoms with E-state index in [1.54, 1.807) is 22.8 Å². The van der Waals surface area contributed by atoms with Crippen molar-refractivity contribution in [3.8, 4) is 0 Å². The van der Waals surface area contributed by atoms with E-state index in [0.717, 1.165) is 22.4 Å². The van der Waals surface area contributed by atoms with Crippen LogP contribution in [0.1, 0.15) is 42.6 Å². The summed E-state index contributed by atoms with van der Waals surface area (Å²) in [6, 6.07) is 2.08. The van der Waals surface area contributed by atoms with E-state index in [9.17, 15) is 4.79 Å². The molecule has 1 fully saturated rings. The van der Waals surface area contributed by atoms with Crippen LogP contribution >= 0.6 is 11.6 Å². The van der Waals surface area contributed by atoms with Crippen molar-refractivity contribution in [3.63, 3.8) is 0 Å². The second-order valence-electron chi connectivity index (χ2n) is 7.12. The lowest BCUT2D eigenvalue weighted by atomic mass is 10.1. The Bertz CT molecular complexity index is 1000. The minimum absolute atomic E-state index is 0.0436. The van der Waals surface area contributed by atoms with Crippen molar-refractivity contribution in [3.05, 3.63) is 40.4 Å². The average molecular weight is 387 g/mol. The van der Waals surface area contributed by atoms with Gasteiger partial charge >= 0.3 is 0 Å². The molecule has 3 heterocycles. The van der Waals surface area contributed by atoms with Gasteiger partial charge in [0.15, 0.2) is 5.65 Å². The molecule has 0 spiro atoms. The molecule has 27 heavy (non-hydrogen) atoms. The Labute approximate surface area is 162 Å². The zero-order valence-electron chi connectivity index (χ0n) is 15.8. The van der Waals surface area contributed by atoms with E-state index in [1.165, 1.54) is 18.4 Å². The van der Waals surface area contributed by atoms with Crippen LogP contribution < -0.4 is 0 Å². The Hall–Kier alpha value is -2.41. The fraction of sp³-hybridized carbons (Fsp3) is 0.474. The Balaban J connectivity index is 1.56. The van der Waals surface area contributed by atoms with Crippen molar-refractivity contribution in [1.82, 2.24) is 29.4 Å². The normalized spacial score (nSPS) is 14.1. The molecule has 0 unspecified atom stereocenters. The minimum atomic E-state index is -0.0436. The van der Waals surface area contributed by atoms with E-state index in [1.807, 2.05) is 24.7 Å². The maximum atomic E-state index is 12.8. The minimum Gasteiger partial charge on any atom is -0.338 e. The molecule has 1 saturated carbocycles. The van der Waals surface area contributed by atoms with Gasteiger partial charge in [-0.2, -0.15) is 10.2 Å². The molecule has 0 aromatic carbocycles. The first-order valence-electron chi connectivity index (χ1n) is 9.25. The summed E-state index contributed by atoms with van der Waals surface area (Å²) in [6.45, 7) is 5.25. The molecular weight excluding hydrogens is 364 g/mol. The Morgan fingerprint density at radius 3 is 2.85 bits per heavy atom. The average Bonchev–Trinajstić information content (AvgIpc) is 3.38. The zero-order valence-corrected chi connectivity index (χ0v) is 16.6. The SMILES string of the molecule is CCn1ncc(Cl)c1CN(C)C(=O)Cn1nc(C)c2c(C3CC3)ccnc21. The van der Waals surface area contributed by atoms with E-state index in [2.05, 4.69) is 21.2 Å². The van der Waals surface area contributed by atoms with Crippen LogP contribution in [-0.4, -0.2) is 42.4 Å². The number of rotatable bonds is 6. The van der Waals surface area contributed by atoms with Gasteiger partial charge in [-0.3, -0.25) is 9.48 Å². The third-order valence-corrected chi connectivity index (χ3v) is 5.47. The van der Waals surface area contributed by atoms with Gasteiger partial charge in [0, 0.05) is 25.2 Å². The summed E-state index contributed by atoms with van der Waals surface area (Å²) in [5.41, 5.74) is 3.87. The maximum Gasteiger partial charge on any atom is 0.244 e. The fourth-order valence-electron chi connectivity index (χ4n) is 3.53. The van der Waals surface area contributed by atoms with Gasteiger partial charge in [-0.15, -0.1) is 0 Å². The largest absolute Gasteiger partial charge is 0.338 e. The summed E-state index contributed by atoms with van der Waals surface area (Å²) in [5, 5.41) is 10.5. The van der Waals surface area contributed by atoms with E-state index < -0.39 is 0 Å². The first-order chi connectivity index (χ1) is 13.0. The maximum absolute atomic E-state index is 12.8. The molecule has 1 amide bonds. The van der Waals surface area contributed by atoms with Crippen LogP contribution in [0.4, 0.5) is 0 Å². The van der Waals surface area contributed by atoms with E-state index in [4.69, 9.17) is 11.6 Å². The monoisotopic (exact) mass is 386 g/mol. The van der Waals surface area contributed by atoms with Gasteiger partial charge in [0.05, 0.1) is 29.2 Å². The molecule has 0 N–H and O–H groups in total. The number of amides is 1. The predicted octanol–water partition coefficient (Wildman–Crippen LogP) is 3.15. The quantitative estimate of drug-likeness (QED) is 0.652. The Morgan fingerprint density at radius 2 is 2.15 bits per heavy atom. The number of aryl methyl sites for hydroxylation is 2. The topological polar surface area (TPSA) is 68.8 Å². The molecule has 8 heteroatoms. The highest BCUT2D eigenvalue weighted by Crippen LogP contribution is 2.43. The smallest absolute Gasteiger partial charge is 0.244 e. The number of aromatic nitrogens is 5. The van der Waals surface area contributed by atoms with E-state index in [-0.39, 0.29) is 12.5 Å². The first-order valence-corrected chi connectivity index (χ1v) is 9.63. The van der Waals surface area contributed by atoms with Crippen molar-refractivity contribution in [2.45, 2.75) is 52.2 Å². The van der Waals surface area contributed by atoms with Crippen LogP contribution in [-0.2, 0) is 24.4 Å². The number of halogens is 1. The van der Waals surface area contributed by atoms with Crippen LogP contribution in [0, 0.1) is 6.92 Å². The molecule has 1 aliphatic rings. The van der Waals surface area contributed by atoms with Crippen molar-refractivity contribution >= 4 is 28.5 Å². The highest BCUT2D eigenvalue weighted by molar-refractivity contribution is 6.31. The molecule has 4 rings (SSSR count). The third-order valence-electron chi connectivity index (χ3n) is 5.15. The van der Waals surface area contributed by atoms with Gasteiger partial charge in [-0.1, -0.05) is 11.6 Å². The molecule has 0 atom stereocenters. The van der Waals surface area contributed by atoms with Crippen LogP contribution in [0.5, 0.6) is 0 Å².